The number of hydrogen-bond acceptors (Lipinski definition) is 2. The number of thiocarbonyl (C=S) groups is 1. The predicted molar refractivity (Wildman–Crippen MR) is 57.6 cm³/mol. The Kier molecular flexibility index (Phi) is 2.17. The summed E-state index contributed by atoms with van der Waals surface area (Å²) in [5.74, 6) is -0.940. The summed E-state index contributed by atoms with van der Waals surface area (Å²) < 4.78 is 0. The third-order valence-corrected chi connectivity index (χ3v) is 2.70. The number of allylic oxidation sites excluding steroid dienone is 1. The first-order chi connectivity index (χ1) is 6.70. The summed E-state index contributed by atoms with van der Waals surface area (Å²) >= 11 is 5.11. The molecular formula is C11H8O2S. The average molecular weight is 204 g/mol. The molecule has 0 unspecified atom stereocenters. The average Bonchev–Trinajstić information content (AvgIpc) is 2.18. The molecular weight excluding hydrogens is 196 g/mol. The summed E-state index contributed by atoms with van der Waals surface area (Å²) in [6, 6.07) is 7.64. The van der Waals surface area contributed by atoms with Crippen molar-refractivity contribution >= 4 is 23.1 Å². The molecule has 0 amide bonds. The van der Waals surface area contributed by atoms with Gasteiger partial charge in [-0.25, -0.2) is 4.79 Å². The van der Waals surface area contributed by atoms with Crippen molar-refractivity contribution in [3.8, 4) is 0 Å². The Balaban J connectivity index is 2.50. The highest BCUT2D eigenvalue weighted by atomic mass is 32.1. The molecule has 0 fully saturated rings. The molecule has 2 nitrogen and oxygen atoms in total. The highest BCUT2D eigenvalue weighted by Gasteiger charge is 2.20. The zero-order chi connectivity index (χ0) is 10.1. The van der Waals surface area contributed by atoms with Crippen molar-refractivity contribution < 1.29 is 9.90 Å². The Hall–Kier alpha value is -1.48. The van der Waals surface area contributed by atoms with E-state index in [1.54, 1.807) is 6.08 Å². The molecule has 0 aromatic heterocycles. The molecule has 1 aliphatic rings. The molecule has 1 N–H and O–H groups in total. The summed E-state index contributed by atoms with van der Waals surface area (Å²) in [7, 11) is 0. The van der Waals surface area contributed by atoms with E-state index in [-0.39, 0.29) is 5.57 Å². The van der Waals surface area contributed by atoms with Crippen LogP contribution >= 0.6 is 12.2 Å². The third-order valence-electron chi connectivity index (χ3n) is 2.26. The lowest BCUT2D eigenvalue weighted by molar-refractivity contribution is -0.132. The van der Waals surface area contributed by atoms with Crippen LogP contribution in [0.15, 0.2) is 35.9 Å². The molecule has 14 heavy (non-hydrogen) atoms. The number of carboxylic acids is 1. The Bertz CT molecular complexity index is 446. The molecule has 70 valence electrons. The first-order valence-corrected chi connectivity index (χ1v) is 4.67. The first kappa shape index (κ1) is 9.09. The van der Waals surface area contributed by atoms with Gasteiger partial charge in [0.05, 0.1) is 10.4 Å². The van der Waals surface area contributed by atoms with Gasteiger partial charge < -0.3 is 5.11 Å². The monoisotopic (exact) mass is 204 g/mol. The van der Waals surface area contributed by atoms with Gasteiger partial charge in [-0.2, -0.15) is 0 Å². The molecule has 1 aromatic rings. The summed E-state index contributed by atoms with van der Waals surface area (Å²) in [5.41, 5.74) is 2.23. The van der Waals surface area contributed by atoms with Gasteiger partial charge in [0.2, 0.25) is 0 Å². The highest BCUT2D eigenvalue weighted by molar-refractivity contribution is 7.81. The van der Waals surface area contributed by atoms with E-state index in [4.69, 9.17) is 17.3 Å². The highest BCUT2D eigenvalue weighted by Crippen LogP contribution is 2.21. The molecule has 0 aliphatic heterocycles. The van der Waals surface area contributed by atoms with Crippen LogP contribution in [0.25, 0.3) is 0 Å². The normalized spacial score (nSPS) is 14.6. The number of hydrogen-bond donors (Lipinski definition) is 1. The van der Waals surface area contributed by atoms with E-state index in [0.717, 1.165) is 11.1 Å². The van der Waals surface area contributed by atoms with Crippen molar-refractivity contribution in [2.75, 3.05) is 0 Å². The fourth-order valence-electron chi connectivity index (χ4n) is 1.55. The fourth-order valence-corrected chi connectivity index (χ4v) is 1.92. The maximum Gasteiger partial charge on any atom is 0.336 e. The van der Waals surface area contributed by atoms with Gasteiger partial charge in [-0.15, -0.1) is 0 Å². The summed E-state index contributed by atoms with van der Waals surface area (Å²) in [4.78, 5) is 11.3. The van der Waals surface area contributed by atoms with E-state index in [9.17, 15) is 4.79 Å². The Morgan fingerprint density at radius 1 is 1.36 bits per heavy atom. The molecule has 1 aromatic carbocycles. The maximum atomic E-state index is 10.8. The lowest BCUT2D eigenvalue weighted by atomic mass is 9.91. The molecule has 3 heteroatoms. The Labute approximate surface area is 86.9 Å². The lowest BCUT2D eigenvalue weighted by Gasteiger charge is -2.14. The molecule has 1 aliphatic carbocycles. The van der Waals surface area contributed by atoms with Crippen LogP contribution in [0.1, 0.15) is 11.1 Å². The minimum absolute atomic E-state index is 0.249. The smallest absolute Gasteiger partial charge is 0.336 e. The van der Waals surface area contributed by atoms with Gasteiger partial charge in [-0.3, -0.25) is 0 Å². The number of benzene rings is 1. The van der Waals surface area contributed by atoms with Crippen LogP contribution in [0, 0.1) is 0 Å². The molecule has 0 saturated carbocycles. The van der Waals surface area contributed by atoms with Crippen LogP contribution < -0.4 is 0 Å². The predicted octanol–water partition coefficient (Wildman–Crippen LogP) is 1.97. The van der Waals surface area contributed by atoms with Crippen molar-refractivity contribution in [3.63, 3.8) is 0 Å². The van der Waals surface area contributed by atoms with Crippen LogP contribution in [0.4, 0.5) is 0 Å². The van der Waals surface area contributed by atoms with E-state index < -0.39 is 5.97 Å². The van der Waals surface area contributed by atoms with Gasteiger partial charge in [0.1, 0.15) is 0 Å². The Morgan fingerprint density at radius 2 is 2.07 bits per heavy atom. The number of carboxylic acid groups (broad SMARTS) is 1. The largest absolute Gasteiger partial charge is 0.478 e. The van der Waals surface area contributed by atoms with Crippen molar-refractivity contribution in [1.29, 1.82) is 0 Å². The molecule has 0 radical (unpaired) electrons. The molecule has 0 bridgehead atoms. The van der Waals surface area contributed by atoms with E-state index >= 15 is 0 Å². The fraction of sp³-hybridized carbons (Fsp3) is 0.0909. The second kappa shape index (κ2) is 3.35. The van der Waals surface area contributed by atoms with E-state index in [1.807, 2.05) is 24.3 Å². The molecule has 2 rings (SSSR count). The van der Waals surface area contributed by atoms with E-state index in [2.05, 4.69) is 0 Å². The van der Waals surface area contributed by atoms with Gasteiger partial charge in [0, 0.05) is 0 Å². The van der Waals surface area contributed by atoms with Crippen LogP contribution in [-0.4, -0.2) is 15.9 Å². The SMILES string of the molecule is O=C(O)C1=CCc2ccccc2C1=S. The second-order valence-corrected chi connectivity index (χ2v) is 3.52. The van der Waals surface area contributed by atoms with Gasteiger partial charge in [0.25, 0.3) is 0 Å². The van der Waals surface area contributed by atoms with Crippen molar-refractivity contribution in [3.05, 3.63) is 47.0 Å². The van der Waals surface area contributed by atoms with Crippen LogP contribution in [-0.2, 0) is 11.2 Å². The maximum absolute atomic E-state index is 10.8. The molecule has 0 heterocycles. The second-order valence-electron chi connectivity index (χ2n) is 3.11. The quantitative estimate of drug-likeness (QED) is 0.711. The summed E-state index contributed by atoms with van der Waals surface area (Å²) in [6.07, 6.45) is 2.32. The zero-order valence-corrected chi connectivity index (χ0v) is 8.17. The van der Waals surface area contributed by atoms with Gasteiger partial charge in [0.15, 0.2) is 0 Å². The van der Waals surface area contributed by atoms with E-state index in [1.165, 1.54) is 0 Å². The van der Waals surface area contributed by atoms with Crippen LogP contribution in [0.3, 0.4) is 0 Å². The van der Waals surface area contributed by atoms with Crippen LogP contribution in [0.5, 0.6) is 0 Å². The van der Waals surface area contributed by atoms with Gasteiger partial charge in [-0.1, -0.05) is 42.6 Å². The topological polar surface area (TPSA) is 37.3 Å². The zero-order valence-electron chi connectivity index (χ0n) is 7.36. The molecule has 0 saturated heterocycles. The van der Waals surface area contributed by atoms with E-state index in [0.29, 0.717) is 11.3 Å². The molecule has 0 atom stereocenters. The minimum atomic E-state index is -0.940. The lowest BCUT2D eigenvalue weighted by Crippen LogP contribution is -2.17. The number of carbonyl (C=O) groups is 1. The number of fused-ring (bicyclic) bond motifs is 1. The van der Waals surface area contributed by atoms with Crippen molar-refractivity contribution in [2.24, 2.45) is 0 Å². The number of rotatable bonds is 1. The first-order valence-electron chi connectivity index (χ1n) is 4.26. The van der Waals surface area contributed by atoms with Gasteiger partial charge in [-0.05, 0) is 17.5 Å². The Morgan fingerprint density at radius 3 is 2.79 bits per heavy atom. The van der Waals surface area contributed by atoms with Crippen LogP contribution in [0.2, 0.25) is 0 Å². The molecule has 0 spiro atoms. The standard InChI is InChI=1S/C11H8O2S/c12-11(13)9-6-5-7-3-1-2-4-8(7)10(9)14/h1-4,6H,5H2,(H,12,13). The summed E-state index contributed by atoms with van der Waals surface area (Å²) in [5, 5.41) is 8.88. The summed E-state index contributed by atoms with van der Waals surface area (Å²) in [6.45, 7) is 0. The minimum Gasteiger partial charge on any atom is -0.478 e. The number of aliphatic carboxylic acids is 1. The van der Waals surface area contributed by atoms with Crippen molar-refractivity contribution in [2.45, 2.75) is 6.42 Å². The van der Waals surface area contributed by atoms with Gasteiger partial charge >= 0.3 is 5.97 Å². The third kappa shape index (κ3) is 1.36. The van der Waals surface area contributed by atoms with Crippen molar-refractivity contribution in [1.82, 2.24) is 0 Å².